The van der Waals surface area contributed by atoms with Crippen LogP contribution < -0.4 is 10.0 Å². The summed E-state index contributed by atoms with van der Waals surface area (Å²) in [6.45, 7) is 2.32. The molecule has 7 heteroatoms. The molecule has 0 aliphatic carbocycles. The Morgan fingerprint density at radius 2 is 2.05 bits per heavy atom. The summed E-state index contributed by atoms with van der Waals surface area (Å²) < 4.78 is 24.7. The third-order valence-corrected chi connectivity index (χ3v) is 5.18. The van der Waals surface area contributed by atoms with Gasteiger partial charge in [0.2, 0.25) is 15.9 Å². The van der Waals surface area contributed by atoms with Crippen LogP contribution in [0.5, 0.6) is 0 Å². The van der Waals surface area contributed by atoms with E-state index in [9.17, 15) is 13.2 Å². The lowest BCUT2D eigenvalue weighted by Crippen LogP contribution is -2.41. The first-order chi connectivity index (χ1) is 10.5. The Morgan fingerprint density at radius 3 is 2.73 bits per heavy atom. The Bertz CT molecular complexity index is 647. The van der Waals surface area contributed by atoms with Crippen LogP contribution in [0, 0.1) is 11.8 Å². The number of likely N-dealkylation sites (tertiary alicyclic amines) is 1. The number of amides is 1. The molecule has 2 saturated heterocycles. The lowest BCUT2D eigenvalue weighted by Gasteiger charge is -2.28. The van der Waals surface area contributed by atoms with E-state index in [0.29, 0.717) is 18.4 Å². The first kappa shape index (κ1) is 15.5. The molecule has 1 aromatic carbocycles. The number of sulfonamides is 1. The van der Waals surface area contributed by atoms with Crippen LogP contribution in [0.4, 0.5) is 0 Å². The summed E-state index contributed by atoms with van der Waals surface area (Å²) in [5.41, 5.74) is 1.12. The lowest BCUT2D eigenvalue weighted by atomic mass is 9.89. The van der Waals surface area contributed by atoms with Gasteiger partial charge in [-0.2, -0.15) is 0 Å². The van der Waals surface area contributed by atoms with E-state index in [1.165, 1.54) is 0 Å². The number of benzene rings is 1. The van der Waals surface area contributed by atoms with Gasteiger partial charge in [-0.15, -0.1) is 0 Å². The molecule has 3 rings (SSSR count). The number of rotatable bonds is 4. The van der Waals surface area contributed by atoms with E-state index in [2.05, 4.69) is 10.0 Å². The Kier molecular flexibility index (Phi) is 4.20. The second-order valence-corrected chi connectivity index (χ2v) is 7.91. The minimum absolute atomic E-state index is 0.0232. The maximum atomic E-state index is 12.5. The molecule has 2 aliphatic heterocycles. The number of nitrogens with zero attached hydrogens (tertiary/aromatic N) is 1. The molecule has 0 aromatic heterocycles. The van der Waals surface area contributed by atoms with E-state index in [0.717, 1.165) is 24.9 Å². The summed E-state index contributed by atoms with van der Waals surface area (Å²) >= 11 is 0. The zero-order valence-corrected chi connectivity index (χ0v) is 13.3. The second-order valence-electron chi connectivity index (χ2n) is 6.08. The lowest BCUT2D eigenvalue weighted by molar-refractivity contribution is -0.131. The van der Waals surface area contributed by atoms with Gasteiger partial charge in [0.1, 0.15) is 0 Å². The number of carbonyl (C=O) groups is 1. The number of carbonyl (C=O) groups excluding carboxylic acids is 1. The summed E-state index contributed by atoms with van der Waals surface area (Å²) in [5.74, 6) is 0.672. The molecule has 1 aromatic rings. The molecule has 2 heterocycles. The Labute approximate surface area is 130 Å². The predicted octanol–water partition coefficient (Wildman–Crippen LogP) is -0.0453. The highest BCUT2D eigenvalue weighted by Crippen LogP contribution is 2.42. The van der Waals surface area contributed by atoms with Crippen LogP contribution in [-0.4, -0.2) is 51.7 Å². The van der Waals surface area contributed by atoms with Crippen molar-refractivity contribution in [3.05, 3.63) is 35.9 Å². The quantitative estimate of drug-likeness (QED) is 0.815. The fourth-order valence-corrected chi connectivity index (χ4v) is 3.93. The predicted molar refractivity (Wildman–Crippen MR) is 83.6 cm³/mol. The van der Waals surface area contributed by atoms with Gasteiger partial charge < -0.3 is 10.2 Å². The molecule has 2 aliphatic rings. The molecule has 2 fully saturated rings. The van der Waals surface area contributed by atoms with Gasteiger partial charge in [-0.05, 0) is 11.5 Å². The molecule has 0 saturated carbocycles. The van der Waals surface area contributed by atoms with Crippen molar-refractivity contribution in [1.82, 2.24) is 14.9 Å². The first-order valence-electron chi connectivity index (χ1n) is 7.45. The zero-order chi connectivity index (χ0) is 15.7. The second kappa shape index (κ2) is 5.98. The molecule has 0 radical (unpaired) electrons. The largest absolute Gasteiger partial charge is 0.334 e. The van der Waals surface area contributed by atoms with Crippen LogP contribution in [0.1, 0.15) is 11.6 Å². The standard InChI is InChI=1S/C15H21N3O3S/c1-22(20,21)17-9-14(19)18-10-12-7-16-8-13(12)15(18)11-5-3-2-4-6-11/h2-6,12-13,15-17H,7-10H2,1H3/t12-,13-,15+/m0/s1. The van der Waals surface area contributed by atoms with Gasteiger partial charge in [0, 0.05) is 25.6 Å². The van der Waals surface area contributed by atoms with E-state index in [4.69, 9.17) is 0 Å². The van der Waals surface area contributed by atoms with Crippen molar-refractivity contribution in [2.75, 3.05) is 32.4 Å². The number of fused-ring (bicyclic) bond motifs is 1. The van der Waals surface area contributed by atoms with E-state index in [-0.39, 0.29) is 18.5 Å². The molecular formula is C15H21N3O3S. The smallest absolute Gasteiger partial charge is 0.238 e. The molecule has 22 heavy (non-hydrogen) atoms. The van der Waals surface area contributed by atoms with Crippen molar-refractivity contribution in [2.24, 2.45) is 11.8 Å². The third kappa shape index (κ3) is 3.16. The summed E-state index contributed by atoms with van der Waals surface area (Å²) in [7, 11) is -3.36. The van der Waals surface area contributed by atoms with Gasteiger partial charge >= 0.3 is 0 Å². The van der Waals surface area contributed by atoms with Crippen molar-refractivity contribution < 1.29 is 13.2 Å². The van der Waals surface area contributed by atoms with E-state index < -0.39 is 10.0 Å². The molecule has 3 atom stereocenters. The molecule has 0 unspecified atom stereocenters. The Morgan fingerprint density at radius 1 is 1.32 bits per heavy atom. The minimum atomic E-state index is -3.36. The van der Waals surface area contributed by atoms with Crippen molar-refractivity contribution in [3.8, 4) is 0 Å². The fraction of sp³-hybridized carbons (Fsp3) is 0.533. The van der Waals surface area contributed by atoms with Crippen molar-refractivity contribution in [1.29, 1.82) is 0 Å². The minimum Gasteiger partial charge on any atom is -0.334 e. The maximum absolute atomic E-state index is 12.5. The Balaban J connectivity index is 1.81. The summed E-state index contributed by atoms with van der Waals surface area (Å²) in [5, 5.41) is 3.39. The molecule has 1 amide bonds. The van der Waals surface area contributed by atoms with Crippen LogP contribution in [0.3, 0.4) is 0 Å². The molecule has 2 N–H and O–H groups in total. The SMILES string of the molecule is CS(=O)(=O)NCC(=O)N1C[C@@H]2CNC[C@@H]2[C@H]1c1ccccc1. The van der Waals surface area contributed by atoms with Crippen LogP contribution in [0.15, 0.2) is 30.3 Å². The Hall–Kier alpha value is -1.44. The van der Waals surface area contributed by atoms with Crippen molar-refractivity contribution >= 4 is 15.9 Å². The number of hydrogen-bond acceptors (Lipinski definition) is 4. The van der Waals surface area contributed by atoms with E-state index in [1.807, 2.05) is 35.2 Å². The fourth-order valence-electron chi connectivity index (χ4n) is 3.55. The zero-order valence-electron chi connectivity index (χ0n) is 12.5. The van der Waals surface area contributed by atoms with Crippen LogP contribution in [-0.2, 0) is 14.8 Å². The summed E-state index contributed by atoms with van der Waals surface area (Å²) in [6, 6.07) is 10.0. The average Bonchev–Trinajstić information content (AvgIpc) is 3.05. The third-order valence-electron chi connectivity index (χ3n) is 4.51. The van der Waals surface area contributed by atoms with Crippen molar-refractivity contribution in [2.45, 2.75) is 6.04 Å². The number of hydrogen-bond donors (Lipinski definition) is 2. The van der Waals surface area contributed by atoms with E-state index >= 15 is 0 Å². The van der Waals surface area contributed by atoms with Gasteiger partial charge in [-0.1, -0.05) is 30.3 Å². The molecule has 120 valence electrons. The maximum Gasteiger partial charge on any atom is 0.238 e. The van der Waals surface area contributed by atoms with Gasteiger partial charge in [-0.3, -0.25) is 4.79 Å². The van der Waals surface area contributed by atoms with Gasteiger partial charge in [0.15, 0.2) is 0 Å². The average molecular weight is 323 g/mol. The highest BCUT2D eigenvalue weighted by molar-refractivity contribution is 7.88. The normalized spacial score (nSPS) is 27.9. The summed E-state index contributed by atoms with van der Waals surface area (Å²) in [4.78, 5) is 14.3. The highest BCUT2D eigenvalue weighted by Gasteiger charge is 2.46. The molecule has 6 nitrogen and oxygen atoms in total. The monoisotopic (exact) mass is 323 g/mol. The van der Waals surface area contributed by atoms with Gasteiger partial charge in [0.05, 0.1) is 18.8 Å². The van der Waals surface area contributed by atoms with Crippen LogP contribution in [0.2, 0.25) is 0 Å². The van der Waals surface area contributed by atoms with Crippen LogP contribution >= 0.6 is 0 Å². The molecule has 0 bridgehead atoms. The van der Waals surface area contributed by atoms with E-state index in [1.54, 1.807) is 0 Å². The first-order valence-corrected chi connectivity index (χ1v) is 9.34. The highest BCUT2D eigenvalue weighted by atomic mass is 32.2. The van der Waals surface area contributed by atoms with Crippen molar-refractivity contribution in [3.63, 3.8) is 0 Å². The summed E-state index contributed by atoms with van der Waals surface area (Å²) in [6.07, 6.45) is 1.07. The molecular weight excluding hydrogens is 302 g/mol. The van der Waals surface area contributed by atoms with Crippen LogP contribution in [0.25, 0.3) is 0 Å². The topological polar surface area (TPSA) is 78.5 Å². The number of nitrogens with one attached hydrogen (secondary N) is 2. The molecule has 0 spiro atoms. The van der Waals surface area contributed by atoms with Gasteiger partial charge in [-0.25, -0.2) is 13.1 Å². The van der Waals surface area contributed by atoms with Gasteiger partial charge in [0.25, 0.3) is 0 Å².